The molecule has 7 nitrogen and oxygen atoms in total. The van der Waals surface area contributed by atoms with Crippen molar-refractivity contribution in [3.63, 3.8) is 0 Å². The first-order valence-corrected chi connectivity index (χ1v) is 7.09. The van der Waals surface area contributed by atoms with E-state index in [1.54, 1.807) is 20.8 Å². The predicted molar refractivity (Wildman–Crippen MR) is 77.0 cm³/mol. The van der Waals surface area contributed by atoms with Gasteiger partial charge < -0.3 is 20.3 Å². The van der Waals surface area contributed by atoms with E-state index in [0.29, 0.717) is 17.9 Å². The fourth-order valence-corrected chi connectivity index (χ4v) is 2.24. The Morgan fingerprint density at radius 1 is 1.33 bits per heavy atom. The zero-order valence-corrected chi connectivity index (χ0v) is 12.9. The summed E-state index contributed by atoms with van der Waals surface area (Å²) in [4.78, 5) is 23.0. The molecule has 1 aromatic rings. The summed E-state index contributed by atoms with van der Waals surface area (Å²) < 4.78 is 5.05. The van der Waals surface area contributed by atoms with Gasteiger partial charge in [0.2, 0.25) is 0 Å². The lowest BCUT2D eigenvalue weighted by atomic mass is 10.1. The Morgan fingerprint density at radius 2 is 2.00 bits per heavy atom. The molecule has 118 valence electrons. The smallest absolute Gasteiger partial charge is 0.326 e. The van der Waals surface area contributed by atoms with E-state index in [2.05, 4.69) is 15.8 Å². The standard InChI is InChI=1S/C14H23N3O4/c1-5-6-7-11(13(18)19)16-14(20)15-8(2)12-9(3)17-21-10(12)4/h8,11H,5-7H2,1-4H3,(H,18,19)(H2,15,16,20)/t8?,11-/m0/s1. The SMILES string of the molecule is CCCC[C@H](NC(=O)NC(C)c1c(C)noc1C)C(=O)O. The molecule has 1 aromatic heterocycles. The average molecular weight is 297 g/mol. The number of urea groups is 1. The number of nitrogens with one attached hydrogen (secondary N) is 2. The van der Waals surface area contributed by atoms with E-state index in [9.17, 15) is 9.59 Å². The molecule has 0 saturated heterocycles. The van der Waals surface area contributed by atoms with Crippen LogP contribution in [-0.2, 0) is 4.79 Å². The maximum absolute atomic E-state index is 11.9. The second-order valence-electron chi connectivity index (χ2n) is 5.11. The number of nitrogens with zero attached hydrogens (tertiary/aromatic N) is 1. The number of carboxylic acid groups (broad SMARTS) is 1. The van der Waals surface area contributed by atoms with Crippen molar-refractivity contribution in [2.45, 2.75) is 59.0 Å². The minimum absolute atomic E-state index is 0.308. The summed E-state index contributed by atoms with van der Waals surface area (Å²) in [6.07, 6.45) is 2.04. The van der Waals surface area contributed by atoms with E-state index in [4.69, 9.17) is 9.63 Å². The number of hydrogen-bond donors (Lipinski definition) is 3. The minimum atomic E-state index is -1.02. The maximum atomic E-state index is 11.9. The summed E-state index contributed by atoms with van der Waals surface area (Å²) in [5.41, 5.74) is 1.52. The number of aryl methyl sites for hydroxylation is 2. The number of aromatic nitrogens is 1. The van der Waals surface area contributed by atoms with Gasteiger partial charge in [0.05, 0.1) is 11.7 Å². The average Bonchev–Trinajstić information content (AvgIpc) is 2.73. The first-order valence-electron chi connectivity index (χ1n) is 7.09. The maximum Gasteiger partial charge on any atom is 0.326 e. The number of unbranched alkanes of at least 4 members (excludes halogenated alkanes) is 1. The van der Waals surface area contributed by atoms with Gasteiger partial charge in [-0.25, -0.2) is 9.59 Å². The van der Waals surface area contributed by atoms with Gasteiger partial charge in [-0.05, 0) is 27.2 Å². The fraction of sp³-hybridized carbons (Fsp3) is 0.643. The fourth-order valence-electron chi connectivity index (χ4n) is 2.24. The monoisotopic (exact) mass is 297 g/mol. The summed E-state index contributed by atoms with van der Waals surface area (Å²) in [5, 5.41) is 18.1. The van der Waals surface area contributed by atoms with Crippen molar-refractivity contribution >= 4 is 12.0 Å². The highest BCUT2D eigenvalue weighted by molar-refractivity contribution is 5.82. The van der Waals surface area contributed by atoms with Crippen molar-refractivity contribution in [1.29, 1.82) is 0 Å². The van der Waals surface area contributed by atoms with Crippen LogP contribution in [0.25, 0.3) is 0 Å². The molecule has 2 atom stereocenters. The number of aliphatic carboxylic acids is 1. The van der Waals surface area contributed by atoms with Crippen LogP contribution in [-0.4, -0.2) is 28.3 Å². The molecule has 0 aliphatic carbocycles. The van der Waals surface area contributed by atoms with Gasteiger partial charge in [0.25, 0.3) is 0 Å². The van der Waals surface area contributed by atoms with Crippen molar-refractivity contribution in [3.8, 4) is 0 Å². The van der Waals surface area contributed by atoms with Crippen molar-refractivity contribution in [3.05, 3.63) is 17.0 Å². The first-order chi connectivity index (χ1) is 9.86. The molecule has 0 aliphatic rings. The summed E-state index contributed by atoms with van der Waals surface area (Å²) in [5.74, 6) is -0.385. The van der Waals surface area contributed by atoms with Crippen LogP contribution in [0.15, 0.2) is 4.52 Å². The van der Waals surface area contributed by atoms with Gasteiger partial charge in [0.1, 0.15) is 11.8 Å². The number of carbonyl (C=O) groups is 2. The van der Waals surface area contributed by atoms with Crippen molar-refractivity contribution < 1.29 is 19.2 Å². The first kappa shape index (κ1) is 17.0. The van der Waals surface area contributed by atoms with Crippen LogP contribution in [0.5, 0.6) is 0 Å². The molecular weight excluding hydrogens is 274 g/mol. The molecule has 0 bridgehead atoms. The molecule has 0 aromatic carbocycles. The van der Waals surface area contributed by atoms with Gasteiger partial charge in [0.15, 0.2) is 0 Å². The normalized spacial score (nSPS) is 13.5. The lowest BCUT2D eigenvalue weighted by Gasteiger charge is -2.18. The molecule has 0 aliphatic heterocycles. The van der Waals surface area contributed by atoms with E-state index in [0.717, 1.165) is 18.4 Å². The Kier molecular flexibility index (Phi) is 6.20. The second kappa shape index (κ2) is 7.66. The summed E-state index contributed by atoms with van der Waals surface area (Å²) in [6.45, 7) is 7.34. The zero-order chi connectivity index (χ0) is 16.0. The number of carboxylic acids is 1. The molecule has 21 heavy (non-hydrogen) atoms. The van der Waals surface area contributed by atoms with Crippen LogP contribution in [0.3, 0.4) is 0 Å². The summed E-state index contributed by atoms with van der Waals surface area (Å²) >= 11 is 0. The van der Waals surface area contributed by atoms with E-state index >= 15 is 0 Å². The van der Waals surface area contributed by atoms with Gasteiger partial charge in [-0.15, -0.1) is 0 Å². The van der Waals surface area contributed by atoms with Crippen LogP contribution >= 0.6 is 0 Å². The van der Waals surface area contributed by atoms with Crippen molar-refractivity contribution in [1.82, 2.24) is 15.8 Å². The van der Waals surface area contributed by atoms with Gasteiger partial charge in [-0.2, -0.15) is 0 Å². The van der Waals surface area contributed by atoms with Crippen LogP contribution < -0.4 is 10.6 Å². The highest BCUT2D eigenvalue weighted by Crippen LogP contribution is 2.20. The Morgan fingerprint density at radius 3 is 2.48 bits per heavy atom. The lowest BCUT2D eigenvalue weighted by molar-refractivity contribution is -0.139. The van der Waals surface area contributed by atoms with E-state index in [-0.39, 0.29) is 6.04 Å². The second-order valence-corrected chi connectivity index (χ2v) is 5.11. The quantitative estimate of drug-likeness (QED) is 0.716. The number of hydrogen-bond acceptors (Lipinski definition) is 4. The third-order valence-electron chi connectivity index (χ3n) is 3.32. The van der Waals surface area contributed by atoms with Gasteiger partial charge in [-0.1, -0.05) is 24.9 Å². The molecule has 0 fully saturated rings. The molecule has 7 heteroatoms. The van der Waals surface area contributed by atoms with Crippen molar-refractivity contribution in [2.75, 3.05) is 0 Å². The Balaban J connectivity index is 2.61. The van der Waals surface area contributed by atoms with Gasteiger partial charge >= 0.3 is 12.0 Å². The molecule has 0 radical (unpaired) electrons. The topological polar surface area (TPSA) is 104 Å². The Hall–Kier alpha value is -2.05. The summed E-state index contributed by atoms with van der Waals surface area (Å²) in [7, 11) is 0. The molecular formula is C14H23N3O4. The van der Waals surface area contributed by atoms with Crippen LogP contribution in [0.2, 0.25) is 0 Å². The number of amides is 2. The Bertz CT molecular complexity index is 479. The van der Waals surface area contributed by atoms with Crippen molar-refractivity contribution in [2.24, 2.45) is 0 Å². The molecule has 2 amide bonds. The minimum Gasteiger partial charge on any atom is -0.480 e. The van der Waals surface area contributed by atoms with Crippen LogP contribution in [0, 0.1) is 13.8 Å². The number of carbonyl (C=O) groups excluding carboxylic acids is 1. The summed E-state index contributed by atoms with van der Waals surface area (Å²) in [6, 6.07) is -1.69. The lowest BCUT2D eigenvalue weighted by Crippen LogP contribution is -2.46. The largest absolute Gasteiger partial charge is 0.480 e. The molecule has 1 rings (SSSR count). The highest BCUT2D eigenvalue weighted by Gasteiger charge is 2.22. The molecule has 0 spiro atoms. The van der Waals surface area contributed by atoms with E-state index < -0.39 is 18.0 Å². The van der Waals surface area contributed by atoms with Gasteiger partial charge in [-0.3, -0.25) is 0 Å². The van der Waals surface area contributed by atoms with Crippen LogP contribution in [0.1, 0.15) is 56.2 Å². The molecule has 0 saturated carbocycles. The van der Waals surface area contributed by atoms with E-state index in [1.165, 1.54) is 0 Å². The zero-order valence-electron chi connectivity index (χ0n) is 12.9. The van der Waals surface area contributed by atoms with Crippen LogP contribution in [0.4, 0.5) is 4.79 Å². The molecule has 1 heterocycles. The third-order valence-corrected chi connectivity index (χ3v) is 3.32. The van der Waals surface area contributed by atoms with Gasteiger partial charge in [0, 0.05) is 5.56 Å². The molecule has 3 N–H and O–H groups in total. The highest BCUT2D eigenvalue weighted by atomic mass is 16.5. The Labute approximate surface area is 124 Å². The molecule has 1 unspecified atom stereocenters. The predicted octanol–water partition coefficient (Wildman–Crippen LogP) is 2.30. The number of rotatable bonds is 7. The third kappa shape index (κ3) is 4.77. The van der Waals surface area contributed by atoms with E-state index in [1.807, 2.05) is 6.92 Å².